The van der Waals surface area contributed by atoms with Crippen LogP contribution in [-0.4, -0.2) is 30.1 Å². The van der Waals surface area contributed by atoms with E-state index >= 15 is 0 Å². The first-order valence-corrected chi connectivity index (χ1v) is 12.0. The van der Waals surface area contributed by atoms with Crippen molar-refractivity contribution in [3.05, 3.63) is 65.2 Å². The molecule has 0 spiro atoms. The molecule has 2 unspecified atom stereocenters. The fourth-order valence-corrected chi connectivity index (χ4v) is 5.40. The molecule has 32 heavy (non-hydrogen) atoms. The van der Waals surface area contributed by atoms with Crippen LogP contribution >= 0.6 is 24.2 Å². The van der Waals surface area contributed by atoms with E-state index in [1.54, 1.807) is 7.11 Å². The highest BCUT2D eigenvalue weighted by Gasteiger charge is 2.31. The van der Waals surface area contributed by atoms with Gasteiger partial charge in [-0.15, -0.1) is 12.4 Å². The van der Waals surface area contributed by atoms with Crippen molar-refractivity contribution >= 4 is 35.3 Å². The van der Waals surface area contributed by atoms with Crippen LogP contribution < -0.4 is 15.4 Å². The van der Waals surface area contributed by atoms with Gasteiger partial charge < -0.3 is 10.1 Å². The lowest BCUT2D eigenvalue weighted by atomic mass is 9.88. The summed E-state index contributed by atoms with van der Waals surface area (Å²) >= 11 is 1.08. The monoisotopic (exact) mass is 474 g/mol. The molecule has 2 N–H and O–H groups in total. The van der Waals surface area contributed by atoms with Crippen LogP contribution in [0.25, 0.3) is 0 Å². The Labute approximate surface area is 200 Å². The average molecular weight is 475 g/mol. The Hall–Kier alpha value is -2.02. The van der Waals surface area contributed by atoms with Gasteiger partial charge in [-0.2, -0.15) is 0 Å². The van der Waals surface area contributed by atoms with E-state index in [9.17, 15) is 9.59 Å². The van der Waals surface area contributed by atoms with Gasteiger partial charge in [0.15, 0.2) is 0 Å². The second kappa shape index (κ2) is 11.7. The number of carbonyl (C=O) groups excluding carboxylic acids is 2. The van der Waals surface area contributed by atoms with Crippen molar-refractivity contribution < 1.29 is 14.3 Å². The van der Waals surface area contributed by atoms with Crippen molar-refractivity contribution in [2.75, 3.05) is 13.7 Å². The first-order chi connectivity index (χ1) is 15.1. The van der Waals surface area contributed by atoms with E-state index < -0.39 is 0 Å². The van der Waals surface area contributed by atoms with E-state index in [4.69, 9.17) is 4.74 Å². The number of imide groups is 1. The van der Waals surface area contributed by atoms with Gasteiger partial charge in [0.05, 0.1) is 18.4 Å². The Bertz CT molecular complexity index is 916. The molecule has 2 aromatic carbocycles. The van der Waals surface area contributed by atoms with Crippen molar-refractivity contribution in [1.82, 2.24) is 10.6 Å². The molecule has 172 valence electrons. The Morgan fingerprint density at radius 1 is 1.06 bits per heavy atom. The topological polar surface area (TPSA) is 67.4 Å². The molecule has 1 saturated carbocycles. The Balaban J connectivity index is 0.00000289. The van der Waals surface area contributed by atoms with E-state index in [0.717, 1.165) is 35.5 Å². The number of benzene rings is 2. The summed E-state index contributed by atoms with van der Waals surface area (Å²) in [5, 5.41) is 5.59. The smallest absolute Gasteiger partial charge is 0.286 e. The summed E-state index contributed by atoms with van der Waals surface area (Å²) in [6.07, 6.45) is 7.16. The van der Waals surface area contributed by atoms with E-state index in [2.05, 4.69) is 34.9 Å². The normalized spacial score (nSPS) is 19.8. The molecule has 2 amide bonds. The van der Waals surface area contributed by atoms with Crippen LogP contribution in [0, 0.1) is 5.92 Å². The minimum absolute atomic E-state index is 0. The number of nitrogens with one attached hydrogen (secondary N) is 2. The molecule has 1 aliphatic heterocycles. The highest BCUT2D eigenvalue weighted by molar-refractivity contribution is 8.15. The van der Waals surface area contributed by atoms with Gasteiger partial charge in [0.25, 0.3) is 5.24 Å². The lowest BCUT2D eigenvalue weighted by Crippen LogP contribution is -2.29. The Morgan fingerprint density at radius 2 is 1.81 bits per heavy atom. The largest absolute Gasteiger partial charge is 0.497 e. The van der Waals surface area contributed by atoms with E-state index in [1.807, 2.05) is 24.3 Å². The molecule has 0 aromatic heterocycles. The van der Waals surface area contributed by atoms with Gasteiger partial charge in [0.2, 0.25) is 5.91 Å². The summed E-state index contributed by atoms with van der Waals surface area (Å²) in [7, 11) is 1.68. The zero-order chi connectivity index (χ0) is 21.6. The fourth-order valence-electron chi connectivity index (χ4n) is 4.54. The maximum absolute atomic E-state index is 12.0. The standard InChI is InChI=1S/C25H30N2O3S.ClH/c1-30-21-12-10-19(11-13-21)23(26-16-17-6-3-2-4-7-17)20-9-5-8-18(14-20)15-22-24(28)27-25(29)31-22;/h5,8-14,17,22-23,26H,2-4,6-7,15-16H2,1H3,(H,27,28,29);1H. The molecule has 1 aliphatic carbocycles. The number of hydrogen-bond donors (Lipinski definition) is 2. The number of thioether (sulfide) groups is 1. The lowest BCUT2D eigenvalue weighted by Gasteiger charge is -2.26. The van der Waals surface area contributed by atoms with Crippen molar-refractivity contribution in [3.8, 4) is 5.75 Å². The Morgan fingerprint density at radius 3 is 2.47 bits per heavy atom. The minimum Gasteiger partial charge on any atom is -0.497 e. The number of amides is 2. The van der Waals surface area contributed by atoms with E-state index in [-0.39, 0.29) is 34.8 Å². The highest BCUT2D eigenvalue weighted by Crippen LogP contribution is 2.29. The van der Waals surface area contributed by atoms with Gasteiger partial charge in [-0.05, 0) is 60.5 Å². The van der Waals surface area contributed by atoms with Gasteiger partial charge in [0.1, 0.15) is 5.75 Å². The third-order valence-corrected chi connectivity index (χ3v) is 7.24. The first-order valence-electron chi connectivity index (χ1n) is 11.1. The molecule has 2 atom stereocenters. The van der Waals surface area contributed by atoms with Crippen LogP contribution in [0.15, 0.2) is 48.5 Å². The quantitative estimate of drug-likeness (QED) is 0.545. The third-order valence-electron chi connectivity index (χ3n) is 6.26. The van der Waals surface area contributed by atoms with Gasteiger partial charge >= 0.3 is 0 Å². The summed E-state index contributed by atoms with van der Waals surface area (Å²) in [5.41, 5.74) is 3.43. The second-order valence-corrected chi connectivity index (χ2v) is 9.63. The van der Waals surface area contributed by atoms with Crippen molar-refractivity contribution in [2.45, 2.75) is 49.8 Å². The van der Waals surface area contributed by atoms with Gasteiger partial charge in [-0.3, -0.25) is 14.9 Å². The van der Waals surface area contributed by atoms with Crippen LogP contribution in [0.5, 0.6) is 5.75 Å². The van der Waals surface area contributed by atoms with Crippen LogP contribution in [0.4, 0.5) is 4.79 Å². The molecular formula is C25H31ClN2O3S. The van der Waals surface area contributed by atoms with Crippen molar-refractivity contribution in [2.24, 2.45) is 5.92 Å². The molecule has 0 bridgehead atoms. The zero-order valence-electron chi connectivity index (χ0n) is 18.3. The average Bonchev–Trinajstić information content (AvgIpc) is 3.11. The minimum atomic E-state index is -0.350. The van der Waals surface area contributed by atoms with Crippen LogP contribution in [-0.2, 0) is 11.2 Å². The second-order valence-electron chi connectivity index (χ2n) is 8.45. The van der Waals surface area contributed by atoms with Gasteiger partial charge in [-0.1, -0.05) is 67.4 Å². The summed E-state index contributed by atoms with van der Waals surface area (Å²) in [6, 6.07) is 16.7. The predicted molar refractivity (Wildman–Crippen MR) is 132 cm³/mol. The zero-order valence-corrected chi connectivity index (χ0v) is 20.0. The van der Waals surface area contributed by atoms with Crippen LogP contribution in [0.3, 0.4) is 0 Å². The van der Waals surface area contributed by atoms with E-state index in [0.29, 0.717) is 6.42 Å². The number of methoxy groups -OCH3 is 1. The van der Waals surface area contributed by atoms with Gasteiger partial charge in [-0.25, -0.2) is 0 Å². The highest BCUT2D eigenvalue weighted by atomic mass is 35.5. The third kappa shape index (κ3) is 6.27. The number of rotatable bonds is 8. The van der Waals surface area contributed by atoms with Gasteiger partial charge in [0, 0.05) is 0 Å². The summed E-state index contributed by atoms with van der Waals surface area (Å²) in [6.45, 7) is 0.996. The van der Waals surface area contributed by atoms with Crippen LogP contribution in [0.1, 0.15) is 54.8 Å². The SMILES string of the molecule is COc1ccc(C(NCC2CCCCC2)c2cccc(CC3SC(=O)NC3=O)c2)cc1.Cl. The molecule has 2 fully saturated rings. The van der Waals surface area contributed by atoms with Crippen molar-refractivity contribution in [3.63, 3.8) is 0 Å². The number of carbonyl (C=O) groups is 2. The molecular weight excluding hydrogens is 444 g/mol. The molecule has 7 heteroatoms. The molecule has 5 nitrogen and oxygen atoms in total. The maximum Gasteiger partial charge on any atom is 0.286 e. The summed E-state index contributed by atoms with van der Waals surface area (Å²) in [4.78, 5) is 23.5. The first kappa shape index (κ1) is 24.6. The maximum atomic E-state index is 12.0. The predicted octanol–water partition coefficient (Wildman–Crippen LogP) is 5.27. The molecule has 4 rings (SSSR count). The summed E-state index contributed by atoms with van der Waals surface area (Å²) in [5.74, 6) is 1.38. The molecule has 1 heterocycles. The number of halogens is 1. The lowest BCUT2D eigenvalue weighted by molar-refractivity contribution is -0.118. The van der Waals surface area contributed by atoms with Crippen LogP contribution in [0.2, 0.25) is 0 Å². The van der Waals surface area contributed by atoms with E-state index in [1.165, 1.54) is 43.2 Å². The fraction of sp³-hybridized carbons (Fsp3) is 0.440. The molecule has 1 saturated heterocycles. The Kier molecular flexibility index (Phi) is 9.02. The molecule has 2 aromatic rings. The van der Waals surface area contributed by atoms with Crippen molar-refractivity contribution in [1.29, 1.82) is 0 Å². The number of hydrogen-bond acceptors (Lipinski definition) is 5. The molecule has 2 aliphatic rings. The molecule has 0 radical (unpaired) electrons. The summed E-state index contributed by atoms with van der Waals surface area (Å²) < 4.78 is 5.33. The number of ether oxygens (including phenoxy) is 1.